The van der Waals surface area contributed by atoms with E-state index >= 15 is 0 Å². The normalized spacial score (nSPS) is 15.6. The zero-order chi connectivity index (χ0) is 27.7. The molecule has 2 aromatic carbocycles. The highest BCUT2D eigenvalue weighted by molar-refractivity contribution is 7.89. The molecule has 0 aliphatic carbocycles. The van der Waals surface area contributed by atoms with Gasteiger partial charge in [0, 0.05) is 49.5 Å². The minimum absolute atomic E-state index is 0.00972. The van der Waals surface area contributed by atoms with Crippen LogP contribution in [0.25, 0.3) is 0 Å². The zero-order valence-electron chi connectivity index (χ0n) is 22.4. The van der Waals surface area contributed by atoms with E-state index in [9.17, 15) is 22.8 Å². The molecule has 0 radical (unpaired) electrons. The molecule has 2 aromatic rings. The highest BCUT2D eigenvalue weighted by Gasteiger charge is 2.33. The summed E-state index contributed by atoms with van der Waals surface area (Å²) in [4.78, 5) is 39.4. The van der Waals surface area contributed by atoms with E-state index in [1.807, 2.05) is 13.8 Å². The summed E-state index contributed by atoms with van der Waals surface area (Å²) in [7, 11) is -3.59. The largest absolute Gasteiger partial charge is 0.342 e. The first-order valence-corrected chi connectivity index (χ1v) is 14.7. The van der Waals surface area contributed by atoms with E-state index < -0.39 is 10.0 Å². The lowest BCUT2D eigenvalue weighted by atomic mass is 10.1. The zero-order valence-corrected chi connectivity index (χ0v) is 23.2. The molecule has 1 aliphatic rings. The van der Waals surface area contributed by atoms with Crippen molar-refractivity contribution in [1.82, 2.24) is 9.21 Å². The van der Waals surface area contributed by atoms with Crippen molar-refractivity contribution in [1.29, 1.82) is 0 Å². The quantitative estimate of drug-likeness (QED) is 0.391. The Labute approximate surface area is 225 Å². The summed E-state index contributed by atoms with van der Waals surface area (Å²) in [6, 6.07) is 12.6. The third kappa shape index (κ3) is 7.41. The highest BCUT2D eigenvalue weighted by atomic mass is 32.2. The number of hydrogen-bond acceptors (Lipinski definition) is 5. The SMILES string of the molecule is CCCCN1CC(C(=O)Nc2ccc(C(=O)Nc3ccc(S(=O)(=O)N(CCC)CCC)cc3)cc2)CC1=O. The number of carbonyl (C=O) groups excluding carboxylic acids is 3. The second-order valence-electron chi connectivity index (χ2n) is 9.54. The van der Waals surface area contributed by atoms with E-state index in [2.05, 4.69) is 17.6 Å². The van der Waals surface area contributed by atoms with E-state index in [0.717, 1.165) is 25.7 Å². The molecule has 1 saturated heterocycles. The van der Waals surface area contributed by atoms with Crippen molar-refractivity contribution in [3.05, 3.63) is 54.1 Å². The van der Waals surface area contributed by atoms with Gasteiger partial charge in [-0.15, -0.1) is 0 Å². The highest BCUT2D eigenvalue weighted by Crippen LogP contribution is 2.22. The van der Waals surface area contributed by atoms with Crippen LogP contribution in [-0.2, 0) is 19.6 Å². The van der Waals surface area contributed by atoms with Crippen molar-refractivity contribution in [2.45, 2.75) is 57.8 Å². The fourth-order valence-electron chi connectivity index (χ4n) is 4.38. The summed E-state index contributed by atoms with van der Waals surface area (Å²) in [5.74, 6) is -0.938. The minimum atomic E-state index is -3.59. The van der Waals surface area contributed by atoms with Gasteiger partial charge in [0.1, 0.15) is 0 Å². The summed E-state index contributed by atoms with van der Waals surface area (Å²) in [5, 5.41) is 5.60. The van der Waals surface area contributed by atoms with E-state index in [-0.39, 0.29) is 35.0 Å². The van der Waals surface area contributed by atoms with Gasteiger partial charge in [0.25, 0.3) is 5.91 Å². The molecule has 0 bridgehead atoms. The van der Waals surface area contributed by atoms with Crippen LogP contribution in [0, 0.1) is 5.92 Å². The lowest BCUT2D eigenvalue weighted by molar-refractivity contribution is -0.128. The number of hydrogen-bond donors (Lipinski definition) is 2. The van der Waals surface area contributed by atoms with Crippen LogP contribution in [-0.4, -0.2) is 61.5 Å². The average Bonchev–Trinajstić information content (AvgIpc) is 3.28. The molecule has 0 saturated carbocycles. The van der Waals surface area contributed by atoms with Crippen molar-refractivity contribution >= 4 is 39.1 Å². The van der Waals surface area contributed by atoms with Crippen molar-refractivity contribution in [3.63, 3.8) is 0 Å². The molecule has 1 unspecified atom stereocenters. The van der Waals surface area contributed by atoms with Crippen molar-refractivity contribution in [2.75, 3.05) is 36.8 Å². The van der Waals surface area contributed by atoms with Crippen LogP contribution in [0.3, 0.4) is 0 Å². The molecule has 1 aliphatic heterocycles. The van der Waals surface area contributed by atoms with Crippen LogP contribution in [0.15, 0.2) is 53.4 Å². The van der Waals surface area contributed by atoms with Gasteiger partial charge in [-0.1, -0.05) is 27.2 Å². The summed E-state index contributed by atoms with van der Waals surface area (Å²) in [6.07, 6.45) is 3.58. The van der Waals surface area contributed by atoms with Gasteiger partial charge in [-0.3, -0.25) is 14.4 Å². The first-order chi connectivity index (χ1) is 18.2. The number of nitrogens with one attached hydrogen (secondary N) is 2. The van der Waals surface area contributed by atoms with E-state index in [0.29, 0.717) is 43.1 Å². The maximum absolute atomic E-state index is 12.9. The maximum Gasteiger partial charge on any atom is 0.255 e. The number of unbranched alkanes of at least 4 members (excludes halogenated alkanes) is 1. The lowest BCUT2D eigenvalue weighted by Gasteiger charge is -2.21. The number of carbonyl (C=O) groups is 3. The Kier molecular flexibility index (Phi) is 10.4. The number of nitrogens with zero attached hydrogens (tertiary/aromatic N) is 2. The minimum Gasteiger partial charge on any atom is -0.342 e. The molecule has 0 spiro atoms. The second-order valence-corrected chi connectivity index (χ2v) is 11.5. The van der Waals surface area contributed by atoms with Gasteiger partial charge < -0.3 is 15.5 Å². The Morgan fingerprint density at radius 3 is 2.05 bits per heavy atom. The monoisotopic (exact) mass is 542 g/mol. The second kappa shape index (κ2) is 13.5. The van der Waals surface area contributed by atoms with Gasteiger partial charge >= 0.3 is 0 Å². The molecule has 1 atom stereocenters. The lowest BCUT2D eigenvalue weighted by Crippen LogP contribution is -2.32. The fourth-order valence-corrected chi connectivity index (χ4v) is 6.00. The Balaban J connectivity index is 1.57. The van der Waals surface area contributed by atoms with Crippen LogP contribution in [0.4, 0.5) is 11.4 Å². The van der Waals surface area contributed by atoms with Crippen LogP contribution < -0.4 is 10.6 Å². The van der Waals surface area contributed by atoms with Gasteiger partial charge in [-0.2, -0.15) is 4.31 Å². The van der Waals surface area contributed by atoms with Crippen molar-refractivity contribution < 1.29 is 22.8 Å². The molecule has 3 rings (SSSR count). The molecule has 1 heterocycles. The number of likely N-dealkylation sites (tertiary alicyclic amines) is 1. The van der Waals surface area contributed by atoms with E-state index in [1.54, 1.807) is 41.3 Å². The first-order valence-electron chi connectivity index (χ1n) is 13.3. The predicted molar refractivity (Wildman–Crippen MR) is 148 cm³/mol. The van der Waals surface area contributed by atoms with Crippen molar-refractivity contribution in [3.8, 4) is 0 Å². The number of benzene rings is 2. The molecule has 3 amide bonds. The van der Waals surface area contributed by atoms with Crippen LogP contribution in [0.1, 0.15) is 63.2 Å². The number of sulfonamides is 1. The Hall–Kier alpha value is -3.24. The summed E-state index contributed by atoms with van der Waals surface area (Å²) >= 11 is 0. The van der Waals surface area contributed by atoms with Crippen LogP contribution in [0.2, 0.25) is 0 Å². The molecule has 10 heteroatoms. The van der Waals surface area contributed by atoms with Crippen LogP contribution in [0.5, 0.6) is 0 Å². The van der Waals surface area contributed by atoms with Gasteiger partial charge in [-0.25, -0.2) is 8.42 Å². The molecule has 2 N–H and O–H groups in total. The third-order valence-corrected chi connectivity index (χ3v) is 8.39. The standard InChI is InChI=1S/C28H38N4O5S/c1-4-7-18-31-20-22(19-26(31)33)28(35)30-23-10-8-21(9-11-23)27(34)29-24-12-14-25(15-13-24)38(36,37)32(16-5-2)17-6-3/h8-15,22H,4-7,16-20H2,1-3H3,(H,29,34)(H,30,35). The summed E-state index contributed by atoms with van der Waals surface area (Å²) in [6.45, 7) is 7.97. The van der Waals surface area contributed by atoms with Gasteiger partial charge in [0.15, 0.2) is 0 Å². The molecular weight excluding hydrogens is 504 g/mol. The number of rotatable bonds is 13. The van der Waals surface area contributed by atoms with Gasteiger partial charge in [-0.05, 0) is 67.8 Å². The molecule has 1 fully saturated rings. The fraction of sp³-hybridized carbons (Fsp3) is 0.464. The first kappa shape index (κ1) is 29.3. The topological polar surface area (TPSA) is 116 Å². The average molecular weight is 543 g/mol. The maximum atomic E-state index is 12.9. The van der Waals surface area contributed by atoms with Crippen molar-refractivity contribution in [2.24, 2.45) is 5.92 Å². The Bertz CT molecular complexity index is 1210. The Morgan fingerprint density at radius 1 is 0.895 bits per heavy atom. The Morgan fingerprint density at radius 2 is 1.47 bits per heavy atom. The molecule has 38 heavy (non-hydrogen) atoms. The third-order valence-electron chi connectivity index (χ3n) is 6.48. The van der Waals surface area contributed by atoms with E-state index in [4.69, 9.17) is 0 Å². The molecule has 206 valence electrons. The summed E-state index contributed by atoms with van der Waals surface area (Å²) < 4.78 is 27.3. The molecule has 0 aromatic heterocycles. The van der Waals surface area contributed by atoms with Crippen LogP contribution >= 0.6 is 0 Å². The van der Waals surface area contributed by atoms with Gasteiger partial charge in [0.2, 0.25) is 21.8 Å². The summed E-state index contributed by atoms with van der Waals surface area (Å²) in [5.41, 5.74) is 1.41. The number of amides is 3. The van der Waals surface area contributed by atoms with Gasteiger partial charge in [0.05, 0.1) is 10.8 Å². The molecular formula is C28H38N4O5S. The number of anilines is 2. The van der Waals surface area contributed by atoms with E-state index in [1.165, 1.54) is 16.4 Å². The predicted octanol–water partition coefficient (Wildman–Crippen LogP) is 4.34. The smallest absolute Gasteiger partial charge is 0.255 e. The molecule has 9 nitrogen and oxygen atoms in total.